The summed E-state index contributed by atoms with van der Waals surface area (Å²) in [6, 6.07) is 19.1. The zero-order chi connectivity index (χ0) is 19.7. The van der Waals surface area contributed by atoms with Crippen molar-refractivity contribution in [3.8, 4) is 0 Å². The van der Waals surface area contributed by atoms with E-state index >= 15 is 0 Å². The molecule has 8 heteroatoms. The van der Waals surface area contributed by atoms with Crippen LogP contribution in [0.15, 0.2) is 71.6 Å². The molecular weight excluding hydrogens is 378 g/mol. The van der Waals surface area contributed by atoms with E-state index in [1.165, 1.54) is 16.4 Å². The van der Waals surface area contributed by atoms with E-state index in [9.17, 15) is 18.5 Å². The number of rotatable bonds is 4. The zero-order valence-electron chi connectivity index (χ0n) is 15.1. The van der Waals surface area contributed by atoms with Gasteiger partial charge in [-0.3, -0.25) is 10.1 Å². The molecule has 3 aromatic carbocycles. The summed E-state index contributed by atoms with van der Waals surface area (Å²) < 4.78 is 27.9. The second-order valence-electron chi connectivity index (χ2n) is 6.64. The Morgan fingerprint density at radius 1 is 0.821 bits per heavy atom. The Bertz CT molecular complexity index is 1120. The monoisotopic (exact) mass is 397 g/mol. The van der Waals surface area contributed by atoms with Gasteiger partial charge in [-0.05, 0) is 23.6 Å². The summed E-state index contributed by atoms with van der Waals surface area (Å²) in [5, 5.41) is 12.4. The molecule has 0 unspecified atom stereocenters. The van der Waals surface area contributed by atoms with Gasteiger partial charge in [-0.15, -0.1) is 0 Å². The Morgan fingerprint density at radius 2 is 1.46 bits per heavy atom. The van der Waals surface area contributed by atoms with Crippen LogP contribution in [0.1, 0.15) is 0 Å². The van der Waals surface area contributed by atoms with Crippen LogP contribution in [0.5, 0.6) is 0 Å². The molecule has 0 atom stereocenters. The largest absolute Gasteiger partial charge is 0.369 e. The van der Waals surface area contributed by atoms with Crippen molar-refractivity contribution >= 4 is 32.2 Å². The molecular formula is C20H19N3O4S. The van der Waals surface area contributed by atoms with Gasteiger partial charge in [-0.2, -0.15) is 4.31 Å². The average molecular weight is 397 g/mol. The lowest BCUT2D eigenvalue weighted by Gasteiger charge is -2.35. The number of nitro groups is 1. The number of hydrogen-bond acceptors (Lipinski definition) is 5. The third-order valence-corrected chi connectivity index (χ3v) is 6.99. The number of sulfonamides is 1. The molecule has 1 heterocycles. The quantitative estimate of drug-likeness (QED) is 0.498. The summed E-state index contributed by atoms with van der Waals surface area (Å²) in [5.74, 6) is 0. The van der Waals surface area contributed by atoms with E-state index in [4.69, 9.17) is 0 Å². The van der Waals surface area contributed by atoms with Crippen molar-refractivity contribution in [3.05, 3.63) is 76.8 Å². The first kappa shape index (κ1) is 18.4. The lowest BCUT2D eigenvalue weighted by molar-refractivity contribution is -0.384. The zero-order valence-corrected chi connectivity index (χ0v) is 15.9. The minimum atomic E-state index is -3.59. The van der Waals surface area contributed by atoms with Gasteiger partial charge in [0, 0.05) is 49.4 Å². The van der Waals surface area contributed by atoms with Gasteiger partial charge in [-0.1, -0.05) is 36.4 Å². The Morgan fingerprint density at radius 3 is 2.14 bits per heavy atom. The molecule has 0 saturated carbocycles. The highest BCUT2D eigenvalue weighted by atomic mass is 32.2. The molecule has 4 rings (SSSR count). The van der Waals surface area contributed by atoms with E-state index in [1.54, 1.807) is 24.3 Å². The predicted octanol–water partition coefficient (Wildman–Crippen LogP) is 3.26. The summed E-state index contributed by atoms with van der Waals surface area (Å²) in [4.78, 5) is 12.7. The van der Waals surface area contributed by atoms with E-state index in [-0.39, 0.29) is 5.69 Å². The summed E-state index contributed by atoms with van der Waals surface area (Å²) in [6.07, 6.45) is 0. The van der Waals surface area contributed by atoms with E-state index < -0.39 is 14.9 Å². The van der Waals surface area contributed by atoms with Crippen molar-refractivity contribution < 1.29 is 13.3 Å². The third kappa shape index (κ3) is 3.32. The van der Waals surface area contributed by atoms with Crippen molar-refractivity contribution in [1.82, 2.24) is 4.31 Å². The normalized spacial score (nSPS) is 15.6. The molecule has 0 spiro atoms. The number of fused-ring (bicyclic) bond motifs is 1. The topological polar surface area (TPSA) is 83.8 Å². The molecule has 3 aromatic rings. The smallest absolute Gasteiger partial charge is 0.269 e. The first-order valence-corrected chi connectivity index (χ1v) is 10.4. The molecule has 144 valence electrons. The first-order chi connectivity index (χ1) is 13.5. The predicted molar refractivity (Wildman–Crippen MR) is 108 cm³/mol. The Hall–Kier alpha value is -2.97. The molecule has 0 radical (unpaired) electrons. The number of nitrogens with zero attached hydrogens (tertiary/aromatic N) is 3. The van der Waals surface area contributed by atoms with E-state index in [2.05, 4.69) is 0 Å². The van der Waals surface area contributed by atoms with Crippen molar-refractivity contribution in [3.63, 3.8) is 0 Å². The molecule has 1 saturated heterocycles. The summed E-state index contributed by atoms with van der Waals surface area (Å²) in [6.45, 7) is 1.79. The number of nitro benzene ring substituents is 1. The number of piperazine rings is 1. The fourth-order valence-electron chi connectivity index (χ4n) is 3.53. The van der Waals surface area contributed by atoms with Crippen molar-refractivity contribution in [1.29, 1.82) is 0 Å². The minimum absolute atomic E-state index is 0.0425. The van der Waals surface area contributed by atoms with Crippen LogP contribution in [0.25, 0.3) is 10.8 Å². The SMILES string of the molecule is O=[N+]([O-])c1ccc(N2CCN(S(=O)(=O)c3cccc4ccccc34)CC2)cc1. The van der Waals surface area contributed by atoms with Crippen molar-refractivity contribution in [2.75, 3.05) is 31.1 Å². The van der Waals surface area contributed by atoms with E-state index in [0.717, 1.165) is 16.5 Å². The molecule has 7 nitrogen and oxygen atoms in total. The Balaban J connectivity index is 1.53. The fraction of sp³-hybridized carbons (Fsp3) is 0.200. The Labute approximate surface area is 163 Å². The van der Waals surface area contributed by atoms with Crippen LogP contribution < -0.4 is 4.90 Å². The number of benzene rings is 3. The lowest BCUT2D eigenvalue weighted by Crippen LogP contribution is -2.48. The van der Waals surface area contributed by atoms with Gasteiger partial charge in [-0.25, -0.2) is 8.42 Å². The van der Waals surface area contributed by atoms with Crippen molar-refractivity contribution in [2.24, 2.45) is 0 Å². The molecule has 28 heavy (non-hydrogen) atoms. The summed E-state index contributed by atoms with van der Waals surface area (Å²) >= 11 is 0. The van der Waals surface area contributed by atoms with Crippen LogP contribution in [0.2, 0.25) is 0 Å². The standard InChI is InChI=1S/C20H19N3O4S/c24-23(25)18-10-8-17(9-11-18)21-12-14-22(15-13-21)28(26,27)20-7-3-5-16-4-1-2-6-19(16)20/h1-11H,12-15H2. The minimum Gasteiger partial charge on any atom is -0.369 e. The molecule has 0 N–H and O–H groups in total. The first-order valence-electron chi connectivity index (χ1n) is 8.94. The van der Waals surface area contributed by atoms with Crippen LogP contribution in [-0.2, 0) is 10.0 Å². The molecule has 1 aliphatic heterocycles. The second kappa shape index (κ2) is 7.21. The van der Waals surface area contributed by atoms with Gasteiger partial charge in [0.25, 0.3) is 5.69 Å². The number of hydrogen-bond donors (Lipinski definition) is 0. The van der Waals surface area contributed by atoms with Crippen molar-refractivity contribution in [2.45, 2.75) is 4.90 Å². The molecule has 0 amide bonds. The van der Waals surface area contributed by atoms with E-state index in [1.807, 2.05) is 35.2 Å². The Kier molecular flexibility index (Phi) is 4.74. The maximum atomic E-state index is 13.2. The molecule has 0 aromatic heterocycles. The van der Waals surface area contributed by atoms with Gasteiger partial charge in [0.1, 0.15) is 0 Å². The van der Waals surface area contributed by atoms with Gasteiger partial charge < -0.3 is 4.90 Å². The lowest BCUT2D eigenvalue weighted by atomic mass is 10.1. The maximum absolute atomic E-state index is 13.2. The number of anilines is 1. The average Bonchev–Trinajstić information content (AvgIpc) is 2.73. The van der Waals surface area contributed by atoms with Gasteiger partial charge in [0.05, 0.1) is 9.82 Å². The molecule has 0 aliphatic carbocycles. The highest BCUT2D eigenvalue weighted by molar-refractivity contribution is 7.89. The highest BCUT2D eigenvalue weighted by Crippen LogP contribution is 2.27. The van der Waals surface area contributed by atoms with Gasteiger partial charge in [0.2, 0.25) is 10.0 Å². The van der Waals surface area contributed by atoms with Crippen LogP contribution in [-0.4, -0.2) is 43.8 Å². The second-order valence-corrected chi connectivity index (χ2v) is 8.55. The molecule has 1 fully saturated rings. The maximum Gasteiger partial charge on any atom is 0.269 e. The fourth-order valence-corrected chi connectivity index (χ4v) is 5.17. The van der Waals surface area contributed by atoms with Gasteiger partial charge in [0.15, 0.2) is 0 Å². The highest BCUT2D eigenvalue weighted by Gasteiger charge is 2.29. The molecule has 1 aliphatic rings. The van der Waals surface area contributed by atoms with Crippen LogP contribution in [0, 0.1) is 10.1 Å². The summed E-state index contributed by atoms with van der Waals surface area (Å²) in [7, 11) is -3.59. The number of non-ortho nitro benzene ring substituents is 1. The van der Waals surface area contributed by atoms with E-state index in [0.29, 0.717) is 31.1 Å². The summed E-state index contributed by atoms with van der Waals surface area (Å²) in [5.41, 5.74) is 0.897. The van der Waals surface area contributed by atoms with Gasteiger partial charge >= 0.3 is 0 Å². The van der Waals surface area contributed by atoms with Crippen LogP contribution in [0.4, 0.5) is 11.4 Å². The van der Waals surface area contributed by atoms with Crippen LogP contribution >= 0.6 is 0 Å². The molecule has 0 bridgehead atoms. The third-order valence-electron chi connectivity index (χ3n) is 5.03. The van der Waals surface area contributed by atoms with Crippen LogP contribution in [0.3, 0.4) is 0 Å².